The minimum atomic E-state index is 0.763. The van der Waals surface area contributed by atoms with Crippen LogP contribution in [0.3, 0.4) is 0 Å². The van der Waals surface area contributed by atoms with Crippen LogP contribution in [-0.2, 0) is 0 Å². The molecule has 1 aromatic carbocycles. The van der Waals surface area contributed by atoms with E-state index in [9.17, 15) is 0 Å². The third-order valence-electron chi connectivity index (χ3n) is 1.47. The van der Waals surface area contributed by atoms with E-state index in [0.717, 1.165) is 20.1 Å². The summed E-state index contributed by atoms with van der Waals surface area (Å²) in [6.07, 6.45) is 0. The Morgan fingerprint density at radius 3 is 2.73 bits per heavy atom. The molecule has 3 heteroatoms. The number of benzene rings is 1. The lowest BCUT2D eigenvalue weighted by atomic mass is 10.3. The lowest BCUT2D eigenvalue weighted by Crippen LogP contribution is -1.63. The maximum atomic E-state index is 5.37. The number of rotatable bonds is 0. The molecule has 2 aromatic rings. The van der Waals surface area contributed by atoms with Gasteiger partial charge in [-0.05, 0) is 44.0 Å². The molecular weight excluding hydrogens is 272 g/mol. The molecule has 0 unspecified atom stereocenters. The lowest BCUT2D eigenvalue weighted by Gasteiger charge is -1.88. The highest BCUT2D eigenvalue weighted by Crippen LogP contribution is 2.28. The smallest absolute Gasteiger partial charge is 0.170 e. The second-order valence-electron chi connectivity index (χ2n) is 2.21. The van der Waals surface area contributed by atoms with Gasteiger partial charge in [-0.3, -0.25) is 0 Å². The van der Waals surface area contributed by atoms with Crippen LogP contribution < -0.4 is 0 Å². The van der Waals surface area contributed by atoms with Gasteiger partial charge in [-0.25, -0.2) is 0 Å². The van der Waals surface area contributed by atoms with Crippen LogP contribution in [-0.4, -0.2) is 0 Å². The van der Waals surface area contributed by atoms with Crippen LogP contribution in [0.4, 0.5) is 0 Å². The molecule has 0 saturated carbocycles. The van der Waals surface area contributed by atoms with Crippen molar-refractivity contribution in [2.24, 2.45) is 0 Å². The van der Waals surface area contributed by atoms with E-state index >= 15 is 0 Å². The number of furan rings is 1. The monoisotopic (exact) mass is 274 g/mol. The molecule has 0 atom stereocenters. The minimum Gasteiger partial charge on any atom is -0.448 e. The fourth-order valence-corrected chi connectivity index (χ4v) is 1.87. The maximum Gasteiger partial charge on any atom is 0.170 e. The Kier molecular flexibility index (Phi) is 1.77. The predicted octanol–water partition coefficient (Wildman–Crippen LogP) is 3.96. The van der Waals surface area contributed by atoms with Crippen molar-refractivity contribution in [3.63, 3.8) is 0 Å². The lowest BCUT2D eigenvalue weighted by molar-refractivity contribution is 0.586. The van der Waals surface area contributed by atoms with E-state index in [4.69, 9.17) is 4.42 Å². The zero-order valence-electron chi connectivity index (χ0n) is 5.47. The Morgan fingerprint density at radius 1 is 1.18 bits per heavy atom. The van der Waals surface area contributed by atoms with Gasteiger partial charge in [-0.1, -0.05) is 12.1 Å². The molecule has 56 valence electrons. The summed E-state index contributed by atoms with van der Waals surface area (Å²) in [5.74, 6) is 0. The van der Waals surface area contributed by atoms with E-state index in [-0.39, 0.29) is 0 Å². The van der Waals surface area contributed by atoms with E-state index in [1.165, 1.54) is 0 Å². The van der Waals surface area contributed by atoms with Gasteiger partial charge in [0, 0.05) is 5.39 Å². The highest BCUT2D eigenvalue weighted by atomic mass is 79.9. The summed E-state index contributed by atoms with van der Waals surface area (Å²) in [6, 6.07) is 7.89. The number of hydrogen-bond acceptors (Lipinski definition) is 1. The van der Waals surface area contributed by atoms with E-state index in [1.807, 2.05) is 24.3 Å². The minimum absolute atomic E-state index is 0.763. The Labute approximate surface area is 80.6 Å². The molecule has 0 aliphatic carbocycles. The van der Waals surface area contributed by atoms with Crippen LogP contribution in [0.15, 0.2) is 37.8 Å². The zero-order valence-corrected chi connectivity index (χ0v) is 8.65. The quantitative estimate of drug-likeness (QED) is 0.709. The second kappa shape index (κ2) is 2.64. The number of halogens is 2. The normalized spacial score (nSPS) is 10.7. The van der Waals surface area contributed by atoms with E-state index in [2.05, 4.69) is 31.9 Å². The molecule has 0 N–H and O–H groups in total. The summed E-state index contributed by atoms with van der Waals surface area (Å²) in [5, 5.41) is 1.10. The first-order chi connectivity index (χ1) is 5.27. The average Bonchev–Trinajstić information content (AvgIpc) is 2.31. The van der Waals surface area contributed by atoms with Crippen LogP contribution >= 0.6 is 31.9 Å². The van der Waals surface area contributed by atoms with Crippen LogP contribution in [0.25, 0.3) is 11.0 Å². The van der Waals surface area contributed by atoms with E-state index in [1.54, 1.807) is 0 Å². The maximum absolute atomic E-state index is 5.37. The Bertz CT molecular complexity index is 392. The topological polar surface area (TPSA) is 13.1 Å². The average molecular weight is 276 g/mol. The van der Waals surface area contributed by atoms with Crippen molar-refractivity contribution in [1.29, 1.82) is 0 Å². The molecule has 2 rings (SSSR count). The van der Waals surface area contributed by atoms with Crippen molar-refractivity contribution < 1.29 is 4.42 Å². The van der Waals surface area contributed by atoms with Gasteiger partial charge in [0.05, 0.1) is 4.47 Å². The van der Waals surface area contributed by atoms with Gasteiger partial charge in [0.15, 0.2) is 4.67 Å². The molecule has 0 radical (unpaired) electrons. The Hall–Kier alpha value is -0.280. The second-order valence-corrected chi connectivity index (χ2v) is 3.84. The molecule has 1 nitrogen and oxygen atoms in total. The predicted molar refractivity (Wildman–Crippen MR) is 51.6 cm³/mol. The SMILES string of the molecule is Brc1cc2cccc(Br)c2o1. The third kappa shape index (κ3) is 1.23. The first-order valence-corrected chi connectivity index (χ1v) is 4.69. The molecule has 0 bridgehead atoms. The Morgan fingerprint density at radius 2 is 2.00 bits per heavy atom. The molecule has 0 amide bonds. The molecule has 1 aromatic heterocycles. The van der Waals surface area contributed by atoms with Gasteiger partial charge >= 0.3 is 0 Å². The molecule has 0 aliphatic rings. The summed E-state index contributed by atoms with van der Waals surface area (Å²) in [7, 11) is 0. The van der Waals surface area contributed by atoms with Crippen molar-refractivity contribution in [3.8, 4) is 0 Å². The first-order valence-electron chi connectivity index (χ1n) is 3.11. The Balaban J connectivity index is 2.90. The summed E-state index contributed by atoms with van der Waals surface area (Å²) >= 11 is 6.67. The molecule has 0 fully saturated rings. The van der Waals surface area contributed by atoms with Crippen molar-refractivity contribution >= 4 is 42.8 Å². The molecular formula is C8H4Br2O. The molecule has 0 aliphatic heterocycles. The standard InChI is InChI=1S/C8H4Br2O/c9-6-3-1-2-5-4-7(10)11-8(5)6/h1-4H. The van der Waals surface area contributed by atoms with E-state index < -0.39 is 0 Å². The summed E-state index contributed by atoms with van der Waals surface area (Å²) in [4.78, 5) is 0. The molecule has 1 heterocycles. The van der Waals surface area contributed by atoms with Gasteiger partial charge in [-0.15, -0.1) is 0 Å². The summed E-state index contributed by atoms with van der Waals surface area (Å²) in [5.41, 5.74) is 0.888. The van der Waals surface area contributed by atoms with Gasteiger partial charge in [-0.2, -0.15) is 0 Å². The molecule has 0 spiro atoms. The van der Waals surface area contributed by atoms with Crippen LogP contribution in [0.5, 0.6) is 0 Å². The summed E-state index contributed by atoms with van der Waals surface area (Å²) in [6.45, 7) is 0. The fraction of sp³-hybridized carbons (Fsp3) is 0. The summed E-state index contributed by atoms with van der Waals surface area (Å²) < 4.78 is 7.12. The third-order valence-corrected chi connectivity index (χ3v) is 2.48. The molecule has 11 heavy (non-hydrogen) atoms. The van der Waals surface area contributed by atoms with Crippen molar-refractivity contribution in [2.45, 2.75) is 0 Å². The highest BCUT2D eigenvalue weighted by molar-refractivity contribution is 9.11. The van der Waals surface area contributed by atoms with Crippen molar-refractivity contribution in [2.75, 3.05) is 0 Å². The molecule has 0 saturated heterocycles. The largest absolute Gasteiger partial charge is 0.448 e. The van der Waals surface area contributed by atoms with Gasteiger partial charge < -0.3 is 4.42 Å². The first kappa shape index (κ1) is 7.37. The fourth-order valence-electron chi connectivity index (χ4n) is 0.996. The van der Waals surface area contributed by atoms with E-state index in [0.29, 0.717) is 0 Å². The van der Waals surface area contributed by atoms with Gasteiger partial charge in [0.1, 0.15) is 5.58 Å². The van der Waals surface area contributed by atoms with Crippen molar-refractivity contribution in [1.82, 2.24) is 0 Å². The van der Waals surface area contributed by atoms with Crippen LogP contribution in [0, 0.1) is 0 Å². The van der Waals surface area contributed by atoms with Crippen LogP contribution in [0.2, 0.25) is 0 Å². The van der Waals surface area contributed by atoms with Gasteiger partial charge in [0.2, 0.25) is 0 Å². The highest BCUT2D eigenvalue weighted by Gasteiger charge is 2.02. The zero-order chi connectivity index (χ0) is 7.84. The van der Waals surface area contributed by atoms with Gasteiger partial charge in [0.25, 0.3) is 0 Å². The number of fused-ring (bicyclic) bond motifs is 1. The number of para-hydroxylation sites is 1. The van der Waals surface area contributed by atoms with Crippen LogP contribution in [0.1, 0.15) is 0 Å². The van der Waals surface area contributed by atoms with Crippen molar-refractivity contribution in [3.05, 3.63) is 33.4 Å². The number of hydrogen-bond donors (Lipinski definition) is 0.